The van der Waals surface area contributed by atoms with Gasteiger partial charge in [0.15, 0.2) is 0 Å². The fourth-order valence-electron chi connectivity index (χ4n) is 5.11. The van der Waals surface area contributed by atoms with Crippen LogP contribution in [0.4, 0.5) is 16.5 Å². The number of carbonyl (C=O) groups is 2. The highest BCUT2D eigenvalue weighted by Crippen LogP contribution is 2.39. The Balaban J connectivity index is 1.73. The molecule has 1 unspecified atom stereocenters. The lowest BCUT2D eigenvalue weighted by atomic mass is 9.82. The number of benzene rings is 3. The van der Waals surface area contributed by atoms with Gasteiger partial charge in [-0.3, -0.25) is 4.79 Å². The standard InChI is InChI=1S/C33H38N4O6/c1-7-37(22-11-9-8-10-12-22)29(38)26(19-21-13-15-23(41-6)16-14-21)36-32-35-25-18-17-24(20(2)27(25)30(39)43-32)28(33(3,4)5)42-31(34)40/h8-18,26,28H,7,19H2,1-6H3,(H2,34,40)(H,35,36)/t26-,28?/m0/s1. The van der Waals surface area contributed by atoms with E-state index in [1.807, 2.05) is 82.3 Å². The minimum absolute atomic E-state index is 0.0821. The smallest absolute Gasteiger partial charge is 0.405 e. The van der Waals surface area contributed by atoms with E-state index in [1.54, 1.807) is 31.1 Å². The van der Waals surface area contributed by atoms with Crippen LogP contribution < -0.4 is 26.3 Å². The summed E-state index contributed by atoms with van der Waals surface area (Å²) in [6, 6.07) is 19.3. The second kappa shape index (κ2) is 13.0. The number of ether oxygens (including phenoxy) is 2. The molecule has 226 valence electrons. The summed E-state index contributed by atoms with van der Waals surface area (Å²) in [5, 5.41) is 3.35. The predicted molar refractivity (Wildman–Crippen MR) is 166 cm³/mol. The third-order valence-electron chi connectivity index (χ3n) is 7.25. The number of amides is 2. The third kappa shape index (κ3) is 7.14. The lowest BCUT2D eigenvalue weighted by Crippen LogP contribution is -2.44. The zero-order valence-corrected chi connectivity index (χ0v) is 25.3. The molecule has 10 heteroatoms. The molecule has 2 atom stereocenters. The van der Waals surface area contributed by atoms with Crippen molar-refractivity contribution in [2.75, 3.05) is 23.9 Å². The molecule has 0 spiro atoms. The van der Waals surface area contributed by atoms with Crippen molar-refractivity contribution >= 4 is 34.6 Å². The summed E-state index contributed by atoms with van der Waals surface area (Å²) in [7, 11) is 1.59. The Labute approximate surface area is 250 Å². The predicted octanol–water partition coefficient (Wildman–Crippen LogP) is 5.76. The number of methoxy groups -OCH3 is 1. The van der Waals surface area contributed by atoms with Crippen LogP contribution in [0, 0.1) is 12.3 Å². The van der Waals surface area contributed by atoms with Crippen LogP contribution in [-0.2, 0) is 16.0 Å². The number of hydrogen-bond donors (Lipinski definition) is 2. The first-order valence-electron chi connectivity index (χ1n) is 14.1. The molecule has 43 heavy (non-hydrogen) atoms. The molecule has 3 aromatic carbocycles. The Hall–Kier alpha value is -4.86. The average Bonchev–Trinajstić information content (AvgIpc) is 2.96. The van der Waals surface area contributed by atoms with Gasteiger partial charge in [-0.15, -0.1) is 0 Å². The fourth-order valence-corrected chi connectivity index (χ4v) is 5.11. The molecule has 0 saturated heterocycles. The number of nitrogens with one attached hydrogen (secondary N) is 1. The minimum atomic E-state index is -0.909. The Morgan fingerprint density at radius 1 is 1.05 bits per heavy atom. The van der Waals surface area contributed by atoms with Crippen LogP contribution in [-0.4, -0.2) is 36.7 Å². The summed E-state index contributed by atoms with van der Waals surface area (Å²) in [5.41, 5.74) is 7.41. The molecule has 0 bridgehead atoms. The number of aryl methyl sites for hydroxylation is 1. The number of likely N-dealkylation sites (N-methyl/N-ethyl adjacent to an activating group) is 1. The van der Waals surface area contributed by atoms with Crippen LogP contribution >= 0.6 is 0 Å². The van der Waals surface area contributed by atoms with Crippen LogP contribution in [0.3, 0.4) is 0 Å². The van der Waals surface area contributed by atoms with Gasteiger partial charge in [-0.05, 0) is 60.9 Å². The topological polar surface area (TPSA) is 137 Å². The monoisotopic (exact) mass is 586 g/mol. The third-order valence-corrected chi connectivity index (χ3v) is 7.25. The van der Waals surface area contributed by atoms with Crippen molar-refractivity contribution in [3.05, 3.63) is 93.8 Å². The van der Waals surface area contributed by atoms with Crippen molar-refractivity contribution in [2.45, 2.75) is 53.2 Å². The van der Waals surface area contributed by atoms with E-state index in [4.69, 9.17) is 19.6 Å². The summed E-state index contributed by atoms with van der Waals surface area (Å²) in [6.07, 6.45) is -1.31. The van der Waals surface area contributed by atoms with Gasteiger partial charge in [0.05, 0.1) is 18.0 Å². The Morgan fingerprint density at radius 2 is 1.72 bits per heavy atom. The summed E-state index contributed by atoms with van der Waals surface area (Å²) < 4.78 is 16.4. The minimum Gasteiger partial charge on any atom is -0.497 e. The highest BCUT2D eigenvalue weighted by Gasteiger charge is 2.32. The molecule has 2 amide bonds. The van der Waals surface area contributed by atoms with Gasteiger partial charge in [0.1, 0.15) is 17.9 Å². The largest absolute Gasteiger partial charge is 0.497 e. The molecule has 4 aromatic rings. The van der Waals surface area contributed by atoms with Crippen LogP contribution in [0.15, 0.2) is 75.9 Å². The highest BCUT2D eigenvalue weighted by molar-refractivity contribution is 5.98. The molecule has 0 radical (unpaired) electrons. The zero-order valence-electron chi connectivity index (χ0n) is 25.3. The van der Waals surface area contributed by atoms with Crippen molar-refractivity contribution in [2.24, 2.45) is 11.1 Å². The van der Waals surface area contributed by atoms with Crippen LogP contribution in [0.25, 0.3) is 10.9 Å². The zero-order chi connectivity index (χ0) is 31.3. The van der Waals surface area contributed by atoms with E-state index >= 15 is 0 Å². The SMILES string of the molecule is CCN(C(=O)[C@H](Cc1ccc(OC)cc1)Nc1nc2ccc(C(OC(N)=O)C(C)(C)C)c(C)c2c(=O)o1)c1ccccc1. The molecular formula is C33H38N4O6. The Morgan fingerprint density at radius 3 is 2.30 bits per heavy atom. The summed E-state index contributed by atoms with van der Waals surface area (Å²) in [6.45, 7) is 9.81. The number of nitrogens with two attached hydrogens (primary N) is 1. The van der Waals surface area contributed by atoms with E-state index < -0.39 is 29.3 Å². The Kier molecular flexibility index (Phi) is 9.38. The van der Waals surface area contributed by atoms with E-state index in [2.05, 4.69) is 10.3 Å². The van der Waals surface area contributed by atoms with E-state index in [9.17, 15) is 14.4 Å². The second-order valence-electron chi connectivity index (χ2n) is 11.3. The molecule has 1 heterocycles. The fraction of sp³-hybridized carbons (Fsp3) is 0.333. The molecule has 3 N–H and O–H groups in total. The molecule has 0 aliphatic rings. The van der Waals surface area contributed by atoms with Crippen LogP contribution in [0.1, 0.15) is 50.5 Å². The number of fused-ring (bicyclic) bond motifs is 1. The van der Waals surface area contributed by atoms with E-state index in [1.165, 1.54) is 0 Å². The first kappa shape index (κ1) is 31.1. The van der Waals surface area contributed by atoms with Gasteiger partial charge in [0.2, 0.25) is 5.91 Å². The molecule has 10 nitrogen and oxygen atoms in total. The van der Waals surface area contributed by atoms with Gasteiger partial charge < -0.3 is 29.8 Å². The van der Waals surface area contributed by atoms with Crippen molar-refractivity contribution in [3.8, 4) is 5.75 Å². The Bertz CT molecular complexity index is 1640. The molecule has 1 aromatic heterocycles. The average molecular weight is 587 g/mol. The lowest BCUT2D eigenvalue weighted by molar-refractivity contribution is -0.119. The normalized spacial score (nSPS) is 12.8. The van der Waals surface area contributed by atoms with Gasteiger partial charge in [-0.25, -0.2) is 9.59 Å². The van der Waals surface area contributed by atoms with Gasteiger partial charge in [-0.2, -0.15) is 4.98 Å². The van der Waals surface area contributed by atoms with Crippen molar-refractivity contribution in [1.82, 2.24) is 4.98 Å². The number of para-hydroxylation sites is 1. The quantitative estimate of drug-likeness (QED) is 0.239. The van der Waals surface area contributed by atoms with E-state index in [0.717, 1.165) is 11.3 Å². The molecule has 0 saturated carbocycles. The van der Waals surface area contributed by atoms with Gasteiger partial charge >= 0.3 is 11.7 Å². The maximum atomic E-state index is 14.0. The highest BCUT2D eigenvalue weighted by atomic mass is 16.6. The number of primary amides is 1. The molecule has 4 rings (SSSR count). The van der Waals surface area contributed by atoms with Gasteiger partial charge in [0, 0.05) is 24.1 Å². The first-order chi connectivity index (χ1) is 20.4. The molecular weight excluding hydrogens is 548 g/mol. The maximum Gasteiger partial charge on any atom is 0.405 e. The van der Waals surface area contributed by atoms with Gasteiger partial charge in [0.25, 0.3) is 6.01 Å². The van der Waals surface area contributed by atoms with Gasteiger partial charge in [-0.1, -0.05) is 57.2 Å². The second-order valence-corrected chi connectivity index (χ2v) is 11.3. The number of rotatable bonds is 10. The number of hydrogen-bond acceptors (Lipinski definition) is 8. The van der Waals surface area contributed by atoms with Crippen molar-refractivity contribution in [1.29, 1.82) is 0 Å². The maximum absolute atomic E-state index is 14.0. The molecule has 0 fully saturated rings. The molecule has 0 aliphatic heterocycles. The van der Waals surface area contributed by atoms with Crippen LogP contribution in [0.5, 0.6) is 5.75 Å². The van der Waals surface area contributed by atoms with Crippen molar-refractivity contribution < 1.29 is 23.5 Å². The summed E-state index contributed by atoms with van der Waals surface area (Å²) in [4.78, 5) is 45.2. The number of carbonyl (C=O) groups excluding carboxylic acids is 2. The van der Waals surface area contributed by atoms with Crippen molar-refractivity contribution in [3.63, 3.8) is 0 Å². The van der Waals surface area contributed by atoms with Crippen LogP contribution in [0.2, 0.25) is 0 Å². The number of aromatic nitrogens is 1. The van der Waals surface area contributed by atoms with E-state index in [-0.39, 0.29) is 17.3 Å². The summed E-state index contributed by atoms with van der Waals surface area (Å²) >= 11 is 0. The van der Waals surface area contributed by atoms with E-state index in [0.29, 0.717) is 35.4 Å². The number of nitrogens with zero attached hydrogens (tertiary/aromatic N) is 2. The summed E-state index contributed by atoms with van der Waals surface area (Å²) in [5.74, 6) is 0.489. The number of anilines is 2. The lowest BCUT2D eigenvalue weighted by Gasteiger charge is -2.31. The first-order valence-corrected chi connectivity index (χ1v) is 14.1. The molecule has 0 aliphatic carbocycles.